The summed E-state index contributed by atoms with van der Waals surface area (Å²) in [6.07, 6.45) is 1.54. The van der Waals surface area contributed by atoms with E-state index in [1.807, 2.05) is 0 Å². The molecule has 76 valence electrons. The monoisotopic (exact) mass is 239 g/mol. The van der Waals surface area contributed by atoms with E-state index in [1.54, 1.807) is 24.3 Å². The fraction of sp³-hybridized carbons (Fsp3) is 0. The molecule has 0 fully saturated rings. The normalized spacial score (nSPS) is 10.2. The second kappa shape index (κ2) is 4.00. The van der Waals surface area contributed by atoms with Crippen LogP contribution in [0.3, 0.4) is 0 Å². The van der Waals surface area contributed by atoms with Gasteiger partial charge in [-0.05, 0) is 24.3 Å². The number of pyridine rings is 1. The third-order valence-corrected chi connectivity index (χ3v) is 3.12. The second-order valence-electron chi connectivity index (χ2n) is 2.83. The zero-order valence-electron chi connectivity index (χ0n) is 7.48. The fourth-order valence-electron chi connectivity index (χ4n) is 1.11. The van der Waals surface area contributed by atoms with Crippen LogP contribution >= 0.6 is 22.9 Å². The molecule has 2 aromatic heterocycles. The number of nitrogens with zero attached hydrogens (tertiary/aromatic N) is 1. The Hall–Kier alpha value is -1.39. The van der Waals surface area contributed by atoms with Crippen LogP contribution in [0, 0.1) is 0 Å². The SMILES string of the molecule is O=C(O)c1ccc(-c2ccc(Cl)cn2)s1. The molecule has 0 amide bonds. The summed E-state index contributed by atoms with van der Waals surface area (Å²) in [5.41, 5.74) is 0.733. The number of halogens is 1. The number of hydrogen-bond acceptors (Lipinski definition) is 3. The van der Waals surface area contributed by atoms with Crippen molar-refractivity contribution < 1.29 is 9.90 Å². The number of thiophene rings is 1. The van der Waals surface area contributed by atoms with Gasteiger partial charge in [-0.3, -0.25) is 4.98 Å². The number of rotatable bonds is 2. The van der Waals surface area contributed by atoms with E-state index in [-0.39, 0.29) is 0 Å². The summed E-state index contributed by atoms with van der Waals surface area (Å²) >= 11 is 6.90. The summed E-state index contributed by atoms with van der Waals surface area (Å²) in [7, 11) is 0. The lowest BCUT2D eigenvalue weighted by Gasteiger charge is -1.95. The molecule has 2 aromatic rings. The molecule has 0 saturated heterocycles. The molecule has 0 atom stereocenters. The van der Waals surface area contributed by atoms with Gasteiger partial charge >= 0.3 is 5.97 Å². The van der Waals surface area contributed by atoms with Crippen molar-refractivity contribution in [3.05, 3.63) is 40.4 Å². The first-order chi connectivity index (χ1) is 7.16. The second-order valence-corrected chi connectivity index (χ2v) is 4.35. The highest BCUT2D eigenvalue weighted by atomic mass is 35.5. The first-order valence-electron chi connectivity index (χ1n) is 4.12. The van der Waals surface area contributed by atoms with Crippen LogP contribution in [-0.2, 0) is 0 Å². The van der Waals surface area contributed by atoms with Crippen molar-refractivity contribution in [1.82, 2.24) is 4.98 Å². The van der Waals surface area contributed by atoms with Crippen LogP contribution in [0.5, 0.6) is 0 Å². The van der Waals surface area contributed by atoms with Crippen LogP contribution < -0.4 is 0 Å². The van der Waals surface area contributed by atoms with Gasteiger partial charge in [0.2, 0.25) is 0 Å². The van der Waals surface area contributed by atoms with Crippen molar-refractivity contribution in [3.8, 4) is 10.6 Å². The Morgan fingerprint density at radius 2 is 2.13 bits per heavy atom. The summed E-state index contributed by atoms with van der Waals surface area (Å²) in [6.45, 7) is 0. The van der Waals surface area contributed by atoms with E-state index in [4.69, 9.17) is 16.7 Å². The van der Waals surface area contributed by atoms with E-state index < -0.39 is 5.97 Å². The summed E-state index contributed by atoms with van der Waals surface area (Å²) < 4.78 is 0. The molecule has 2 rings (SSSR count). The van der Waals surface area contributed by atoms with E-state index in [0.717, 1.165) is 10.6 Å². The highest BCUT2D eigenvalue weighted by Gasteiger charge is 2.08. The fourth-order valence-corrected chi connectivity index (χ4v) is 2.05. The lowest BCUT2D eigenvalue weighted by molar-refractivity contribution is 0.0702. The molecule has 0 spiro atoms. The molecule has 0 aliphatic carbocycles. The van der Waals surface area contributed by atoms with Crippen molar-refractivity contribution in [3.63, 3.8) is 0 Å². The zero-order valence-corrected chi connectivity index (χ0v) is 9.05. The highest BCUT2D eigenvalue weighted by molar-refractivity contribution is 7.17. The van der Waals surface area contributed by atoms with Gasteiger partial charge in [-0.1, -0.05) is 11.6 Å². The number of carbonyl (C=O) groups is 1. The molecule has 0 radical (unpaired) electrons. The largest absolute Gasteiger partial charge is 0.477 e. The Kier molecular flexibility index (Phi) is 2.70. The first-order valence-corrected chi connectivity index (χ1v) is 5.31. The molecule has 0 unspecified atom stereocenters. The van der Waals surface area contributed by atoms with Crippen LogP contribution in [0.2, 0.25) is 5.02 Å². The van der Waals surface area contributed by atoms with Gasteiger partial charge in [0.1, 0.15) is 4.88 Å². The summed E-state index contributed by atoms with van der Waals surface area (Å²) in [6, 6.07) is 6.80. The molecule has 15 heavy (non-hydrogen) atoms. The van der Waals surface area contributed by atoms with Gasteiger partial charge in [-0.25, -0.2) is 4.79 Å². The summed E-state index contributed by atoms with van der Waals surface area (Å²) in [5.74, 6) is -0.916. The Bertz CT molecular complexity index is 492. The topological polar surface area (TPSA) is 50.2 Å². The van der Waals surface area contributed by atoms with Gasteiger partial charge in [-0.15, -0.1) is 11.3 Å². The Morgan fingerprint density at radius 1 is 1.33 bits per heavy atom. The van der Waals surface area contributed by atoms with E-state index in [9.17, 15) is 4.79 Å². The molecule has 0 saturated carbocycles. The van der Waals surface area contributed by atoms with Gasteiger partial charge in [0.15, 0.2) is 0 Å². The molecule has 1 N–H and O–H groups in total. The first kappa shape index (κ1) is 10.1. The molecule has 3 nitrogen and oxygen atoms in total. The minimum absolute atomic E-state index is 0.307. The third kappa shape index (κ3) is 2.16. The van der Waals surface area contributed by atoms with Crippen LogP contribution in [0.1, 0.15) is 9.67 Å². The molecular formula is C10H6ClNO2S. The average molecular weight is 240 g/mol. The van der Waals surface area contributed by atoms with Gasteiger partial charge in [-0.2, -0.15) is 0 Å². The van der Waals surface area contributed by atoms with Crippen LogP contribution in [-0.4, -0.2) is 16.1 Å². The van der Waals surface area contributed by atoms with E-state index in [1.165, 1.54) is 17.5 Å². The van der Waals surface area contributed by atoms with Gasteiger partial charge in [0, 0.05) is 6.20 Å². The smallest absolute Gasteiger partial charge is 0.345 e. The molecule has 5 heteroatoms. The number of carboxylic acids is 1. The number of hydrogen-bond donors (Lipinski definition) is 1. The van der Waals surface area contributed by atoms with Crippen LogP contribution in [0.15, 0.2) is 30.5 Å². The predicted octanol–water partition coefficient (Wildman–Crippen LogP) is 3.16. The zero-order chi connectivity index (χ0) is 10.8. The number of carboxylic acid groups (broad SMARTS) is 1. The molecular weight excluding hydrogens is 234 g/mol. The molecule has 0 aliphatic rings. The lowest BCUT2D eigenvalue weighted by atomic mass is 10.3. The molecule has 0 aromatic carbocycles. The minimum atomic E-state index is -0.916. The lowest BCUT2D eigenvalue weighted by Crippen LogP contribution is -1.89. The minimum Gasteiger partial charge on any atom is -0.477 e. The van der Waals surface area contributed by atoms with Gasteiger partial charge < -0.3 is 5.11 Å². The maximum Gasteiger partial charge on any atom is 0.345 e. The standard InChI is InChI=1S/C10H6ClNO2S/c11-6-1-2-7(12-5-6)8-3-4-9(15-8)10(13)14/h1-5H,(H,13,14). The van der Waals surface area contributed by atoms with E-state index >= 15 is 0 Å². The number of aromatic nitrogens is 1. The summed E-state index contributed by atoms with van der Waals surface area (Å²) in [4.78, 5) is 15.9. The maximum atomic E-state index is 10.7. The highest BCUT2D eigenvalue weighted by Crippen LogP contribution is 2.26. The van der Waals surface area contributed by atoms with Crippen molar-refractivity contribution >= 4 is 28.9 Å². The summed E-state index contributed by atoms with van der Waals surface area (Å²) in [5, 5.41) is 9.32. The molecule has 0 bridgehead atoms. The Balaban J connectivity index is 2.37. The van der Waals surface area contributed by atoms with Gasteiger partial charge in [0.25, 0.3) is 0 Å². The van der Waals surface area contributed by atoms with Crippen LogP contribution in [0.4, 0.5) is 0 Å². The third-order valence-electron chi connectivity index (χ3n) is 1.80. The molecule has 2 heterocycles. The quantitative estimate of drug-likeness (QED) is 0.876. The van der Waals surface area contributed by atoms with Crippen LogP contribution in [0.25, 0.3) is 10.6 Å². The Labute approximate surface area is 95.0 Å². The van der Waals surface area contributed by atoms with E-state index in [2.05, 4.69) is 4.98 Å². The molecule has 0 aliphatic heterocycles. The number of aromatic carboxylic acids is 1. The maximum absolute atomic E-state index is 10.7. The van der Waals surface area contributed by atoms with E-state index in [0.29, 0.717) is 9.90 Å². The van der Waals surface area contributed by atoms with Crippen molar-refractivity contribution in [2.75, 3.05) is 0 Å². The van der Waals surface area contributed by atoms with Crippen molar-refractivity contribution in [2.24, 2.45) is 0 Å². The van der Waals surface area contributed by atoms with Gasteiger partial charge in [0.05, 0.1) is 15.6 Å². The van der Waals surface area contributed by atoms with Crippen molar-refractivity contribution in [1.29, 1.82) is 0 Å². The average Bonchev–Trinajstić information content (AvgIpc) is 2.68. The van der Waals surface area contributed by atoms with Crippen molar-refractivity contribution in [2.45, 2.75) is 0 Å². The predicted molar refractivity (Wildman–Crippen MR) is 59.5 cm³/mol. The Morgan fingerprint density at radius 3 is 2.67 bits per heavy atom.